The monoisotopic (exact) mass is 500 g/mol. The van der Waals surface area contributed by atoms with Crippen LogP contribution in [0.2, 0.25) is 0 Å². The van der Waals surface area contributed by atoms with Crippen molar-refractivity contribution in [1.29, 1.82) is 0 Å². The molecule has 0 aromatic heterocycles. The van der Waals surface area contributed by atoms with Gasteiger partial charge in [0.05, 0.1) is 12.2 Å². The summed E-state index contributed by atoms with van der Waals surface area (Å²) in [6.45, 7) is 10.0. The summed E-state index contributed by atoms with van der Waals surface area (Å²) in [5.41, 5.74) is 4.45. The highest BCUT2D eigenvalue weighted by atomic mass is 16.6. The molecule has 2 amide bonds. The van der Waals surface area contributed by atoms with E-state index in [1.165, 1.54) is 0 Å². The van der Waals surface area contributed by atoms with Crippen LogP contribution in [0.5, 0.6) is 0 Å². The van der Waals surface area contributed by atoms with Gasteiger partial charge in [0.2, 0.25) is 0 Å². The van der Waals surface area contributed by atoms with E-state index in [2.05, 4.69) is 0 Å². The SMILES string of the molecule is CC(C)(C)OC(=O)N(C(=O)OC(C)(C)C)C(N)(CC(O)C(O)CCc1ccccc1)c1ccccc1. The summed E-state index contributed by atoms with van der Waals surface area (Å²) in [7, 11) is 0. The molecule has 8 nitrogen and oxygen atoms in total. The van der Waals surface area contributed by atoms with Gasteiger partial charge in [-0.3, -0.25) is 0 Å². The third-order valence-electron chi connectivity index (χ3n) is 5.36. The van der Waals surface area contributed by atoms with E-state index < -0.39 is 41.3 Å². The quantitative estimate of drug-likeness (QED) is 0.449. The zero-order valence-electron chi connectivity index (χ0n) is 22.1. The highest BCUT2D eigenvalue weighted by Crippen LogP contribution is 2.33. The minimum Gasteiger partial charge on any atom is -0.443 e. The second kappa shape index (κ2) is 11.9. The highest BCUT2D eigenvalue weighted by Gasteiger charge is 2.48. The normalized spacial score (nSPS) is 15.4. The van der Waals surface area contributed by atoms with Gasteiger partial charge in [-0.1, -0.05) is 60.7 Å². The molecule has 0 bridgehead atoms. The predicted molar refractivity (Wildman–Crippen MR) is 138 cm³/mol. The molecule has 3 unspecified atom stereocenters. The van der Waals surface area contributed by atoms with Crippen LogP contribution in [0.3, 0.4) is 0 Å². The number of amides is 2. The Morgan fingerprint density at radius 2 is 1.25 bits per heavy atom. The van der Waals surface area contributed by atoms with Crippen LogP contribution in [0.25, 0.3) is 0 Å². The number of ether oxygens (including phenoxy) is 2. The molecule has 2 aromatic carbocycles. The number of aryl methyl sites for hydroxylation is 1. The van der Waals surface area contributed by atoms with Crippen molar-refractivity contribution in [2.75, 3.05) is 0 Å². The minimum atomic E-state index is -1.88. The lowest BCUT2D eigenvalue weighted by Crippen LogP contribution is -2.61. The first-order valence-electron chi connectivity index (χ1n) is 12.1. The summed E-state index contributed by atoms with van der Waals surface area (Å²) in [4.78, 5) is 27.4. The largest absolute Gasteiger partial charge is 0.443 e. The van der Waals surface area contributed by atoms with Gasteiger partial charge in [-0.25, -0.2) is 9.59 Å². The third kappa shape index (κ3) is 8.62. The van der Waals surface area contributed by atoms with Crippen LogP contribution >= 0.6 is 0 Å². The van der Waals surface area contributed by atoms with Crippen molar-refractivity contribution in [2.45, 2.75) is 89.9 Å². The van der Waals surface area contributed by atoms with Crippen molar-refractivity contribution < 1.29 is 29.3 Å². The van der Waals surface area contributed by atoms with E-state index in [0.29, 0.717) is 16.9 Å². The summed E-state index contributed by atoms with van der Waals surface area (Å²) < 4.78 is 11.0. The lowest BCUT2D eigenvalue weighted by molar-refractivity contribution is -0.0524. The van der Waals surface area contributed by atoms with E-state index in [1.807, 2.05) is 30.3 Å². The smallest absolute Gasteiger partial charge is 0.421 e. The van der Waals surface area contributed by atoms with Gasteiger partial charge in [0.25, 0.3) is 0 Å². The molecule has 3 atom stereocenters. The number of hydrogen-bond acceptors (Lipinski definition) is 7. The molecular formula is C28H40N2O6. The minimum absolute atomic E-state index is 0.259. The summed E-state index contributed by atoms with van der Waals surface area (Å²) in [5, 5.41) is 21.8. The van der Waals surface area contributed by atoms with Crippen LogP contribution in [0.15, 0.2) is 60.7 Å². The van der Waals surface area contributed by atoms with Crippen molar-refractivity contribution >= 4 is 12.2 Å². The summed E-state index contributed by atoms with van der Waals surface area (Å²) in [6.07, 6.45) is -4.10. The number of benzene rings is 2. The topological polar surface area (TPSA) is 122 Å². The average molecular weight is 501 g/mol. The molecule has 0 aliphatic heterocycles. The molecule has 0 saturated heterocycles. The Kier molecular flexibility index (Phi) is 9.65. The van der Waals surface area contributed by atoms with E-state index in [0.717, 1.165) is 5.56 Å². The highest BCUT2D eigenvalue weighted by molar-refractivity contribution is 5.89. The van der Waals surface area contributed by atoms with Crippen molar-refractivity contribution in [3.8, 4) is 0 Å². The molecule has 0 fully saturated rings. The van der Waals surface area contributed by atoms with Gasteiger partial charge >= 0.3 is 12.2 Å². The van der Waals surface area contributed by atoms with Gasteiger partial charge in [0.15, 0.2) is 0 Å². The Bertz CT molecular complexity index is 957. The predicted octanol–water partition coefficient (Wildman–Crippen LogP) is 4.72. The summed E-state index contributed by atoms with van der Waals surface area (Å²) in [6, 6.07) is 18.0. The van der Waals surface area contributed by atoms with Gasteiger partial charge in [0.1, 0.15) is 16.9 Å². The van der Waals surface area contributed by atoms with Crippen LogP contribution < -0.4 is 5.73 Å². The summed E-state index contributed by atoms with van der Waals surface area (Å²) in [5.74, 6) is 0. The zero-order valence-corrected chi connectivity index (χ0v) is 22.1. The van der Waals surface area contributed by atoms with Gasteiger partial charge < -0.3 is 25.4 Å². The van der Waals surface area contributed by atoms with E-state index in [-0.39, 0.29) is 12.8 Å². The Balaban J connectivity index is 2.43. The van der Waals surface area contributed by atoms with E-state index in [1.54, 1.807) is 71.9 Å². The van der Waals surface area contributed by atoms with Crippen molar-refractivity contribution in [1.82, 2.24) is 4.90 Å². The molecule has 198 valence electrons. The van der Waals surface area contributed by atoms with Gasteiger partial charge in [-0.15, -0.1) is 0 Å². The maximum Gasteiger partial charge on any atom is 0.421 e. The number of aliphatic hydroxyl groups is 2. The van der Waals surface area contributed by atoms with Crippen LogP contribution in [0.4, 0.5) is 9.59 Å². The molecule has 36 heavy (non-hydrogen) atoms. The second-order valence-electron chi connectivity index (χ2n) is 10.9. The third-order valence-corrected chi connectivity index (χ3v) is 5.36. The molecule has 0 aliphatic rings. The number of imide groups is 1. The molecule has 0 aliphatic carbocycles. The van der Waals surface area contributed by atoms with Crippen molar-refractivity contribution in [3.05, 3.63) is 71.8 Å². The van der Waals surface area contributed by atoms with Crippen LogP contribution in [0, 0.1) is 0 Å². The van der Waals surface area contributed by atoms with E-state index in [9.17, 15) is 19.8 Å². The van der Waals surface area contributed by atoms with Crippen LogP contribution in [0.1, 0.15) is 65.5 Å². The zero-order chi connectivity index (χ0) is 27.1. The number of carbonyl (C=O) groups excluding carboxylic acids is 2. The second-order valence-corrected chi connectivity index (χ2v) is 10.9. The molecule has 2 rings (SSSR count). The number of nitrogens with two attached hydrogens (primary N) is 1. The lowest BCUT2D eigenvalue weighted by Gasteiger charge is -2.42. The first-order valence-corrected chi connectivity index (χ1v) is 12.1. The number of aliphatic hydroxyl groups excluding tert-OH is 2. The Morgan fingerprint density at radius 3 is 1.69 bits per heavy atom. The molecule has 0 radical (unpaired) electrons. The molecule has 0 saturated carbocycles. The Hall–Kier alpha value is -2.94. The molecule has 4 N–H and O–H groups in total. The maximum atomic E-state index is 13.3. The van der Waals surface area contributed by atoms with E-state index in [4.69, 9.17) is 15.2 Å². The molecule has 8 heteroatoms. The Morgan fingerprint density at radius 1 is 0.806 bits per heavy atom. The van der Waals surface area contributed by atoms with Crippen molar-refractivity contribution in [2.24, 2.45) is 5.73 Å². The van der Waals surface area contributed by atoms with Crippen LogP contribution in [-0.4, -0.2) is 50.7 Å². The standard InChI is InChI=1S/C28H40N2O6/c1-26(2,3)35-24(33)30(25(34)36-27(4,5)6)28(29,21-15-11-8-12-16-21)19-23(32)22(31)18-17-20-13-9-7-10-14-20/h7-16,22-23,31-32H,17-19,29H2,1-6H3. The first-order chi connectivity index (χ1) is 16.6. The van der Waals surface area contributed by atoms with E-state index >= 15 is 0 Å². The number of hydrogen-bond donors (Lipinski definition) is 3. The fourth-order valence-electron chi connectivity index (χ4n) is 3.69. The first kappa shape index (κ1) is 29.3. The number of carbonyl (C=O) groups is 2. The number of nitrogens with zero attached hydrogens (tertiary/aromatic N) is 1. The maximum absolute atomic E-state index is 13.3. The lowest BCUT2D eigenvalue weighted by atomic mass is 9.89. The fraction of sp³-hybridized carbons (Fsp3) is 0.500. The number of rotatable bonds is 8. The van der Waals surface area contributed by atoms with Gasteiger partial charge in [-0.05, 0) is 65.5 Å². The van der Waals surface area contributed by atoms with Crippen LogP contribution in [-0.2, 0) is 21.6 Å². The molecule has 2 aromatic rings. The molecular weight excluding hydrogens is 460 g/mol. The molecule has 0 spiro atoms. The fourth-order valence-corrected chi connectivity index (χ4v) is 3.69. The average Bonchev–Trinajstić information content (AvgIpc) is 2.76. The van der Waals surface area contributed by atoms with Crippen molar-refractivity contribution in [3.63, 3.8) is 0 Å². The summed E-state index contributed by atoms with van der Waals surface area (Å²) >= 11 is 0. The van der Waals surface area contributed by atoms with Gasteiger partial charge in [0, 0.05) is 6.42 Å². The van der Waals surface area contributed by atoms with Gasteiger partial charge in [-0.2, -0.15) is 4.90 Å². The molecule has 0 heterocycles. The Labute approximate surface area is 214 Å².